The molecule has 0 bridgehead atoms. The van der Waals surface area contributed by atoms with Crippen molar-refractivity contribution in [2.24, 2.45) is 5.16 Å². The average molecular weight is 376 g/mol. The van der Waals surface area contributed by atoms with Crippen LogP contribution in [0.2, 0.25) is 0 Å². The third-order valence-electron chi connectivity index (χ3n) is 3.79. The minimum atomic E-state index is -2.93. The summed E-state index contributed by atoms with van der Waals surface area (Å²) in [5.74, 6) is -0.128. The van der Waals surface area contributed by atoms with Crippen LogP contribution in [0, 0.1) is 6.92 Å². The lowest BCUT2D eigenvalue weighted by Crippen LogP contribution is -2.19. The van der Waals surface area contributed by atoms with Crippen molar-refractivity contribution in [3.05, 3.63) is 59.2 Å². The highest BCUT2D eigenvalue weighted by molar-refractivity contribution is 5.93. The monoisotopic (exact) mass is 376 g/mol. The summed E-state index contributed by atoms with van der Waals surface area (Å²) in [6.07, 6.45) is 1.22. The van der Waals surface area contributed by atoms with Crippen molar-refractivity contribution in [3.63, 3.8) is 0 Å². The first-order valence-corrected chi connectivity index (χ1v) is 8.47. The van der Waals surface area contributed by atoms with Crippen LogP contribution in [0.15, 0.2) is 47.6 Å². The Balaban J connectivity index is 1.95. The van der Waals surface area contributed by atoms with Gasteiger partial charge in [-0.05, 0) is 36.1 Å². The molecular formula is C20H22F2N2O3. The molecule has 0 spiro atoms. The number of nitrogens with zero attached hydrogens (tertiary/aromatic N) is 1. The molecule has 5 nitrogen and oxygen atoms in total. The molecule has 0 unspecified atom stereocenters. The molecule has 2 aromatic rings. The fourth-order valence-electron chi connectivity index (χ4n) is 2.50. The van der Waals surface area contributed by atoms with E-state index in [0.29, 0.717) is 5.56 Å². The summed E-state index contributed by atoms with van der Waals surface area (Å²) in [6, 6.07) is 12.0. The highest BCUT2D eigenvalue weighted by Gasteiger charge is 2.12. The van der Waals surface area contributed by atoms with Gasteiger partial charge in [0.1, 0.15) is 5.75 Å². The number of anilines is 1. The number of alkyl halides is 2. The second kappa shape index (κ2) is 9.66. The number of hydrogen-bond acceptors (Lipinski definition) is 4. The Morgan fingerprint density at radius 1 is 1.19 bits per heavy atom. The van der Waals surface area contributed by atoms with Gasteiger partial charge in [0.2, 0.25) is 0 Å². The van der Waals surface area contributed by atoms with E-state index in [-0.39, 0.29) is 24.2 Å². The smallest absolute Gasteiger partial charge is 0.387 e. The summed E-state index contributed by atoms with van der Waals surface area (Å²) in [4.78, 5) is 17.1. The Morgan fingerprint density at radius 3 is 2.63 bits per heavy atom. The molecule has 1 amide bonds. The van der Waals surface area contributed by atoms with Gasteiger partial charge >= 0.3 is 6.61 Å². The lowest BCUT2D eigenvalue weighted by Gasteiger charge is -2.16. The SMILES string of the molecule is Cc1cccc(C(C)C)c1NC(=O)CON=Cc1ccccc1OC(F)F. The minimum absolute atomic E-state index is 0.0224. The zero-order chi connectivity index (χ0) is 19.8. The van der Waals surface area contributed by atoms with Crippen molar-refractivity contribution in [1.29, 1.82) is 0 Å². The molecule has 0 fully saturated rings. The number of amides is 1. The molecule has 1 N–H and O–H groups in total. The summed E-state index contributed by atoms with van der Waals surface area (Å²) in [5, 5.41) is 6.50. The summed E-state index contributed by atoms with van der Waals surface area (Å²) in [5.41, 5.74) is 3.07. The molecule has 7 heteroatoms. The number of rotatable bonds is 8. The Kier molecular flexibility index (Phi) is 7.28. The first kappa shape index (κ1) is 20.4. The fourth-order valence-corrected chi connectivity index (χ4v) is 2.50. The largest absolute Gasteiger partial charge is 0.434 e. The highest BCUT2D eigenvalue weighted by Crippen LogP contribution is 2.27. The van der Waals surface area contributed by atoms with Gasteiger partial charge in [0.15, 0.2) is 6.61 Å². The van der Waals surface area contributed by atoms with Crippen LogP contribution < -0.4 is 10.1 Å². The molecule has 0 radical (unpaired) electrons. The van der Waals surface area contributed by atoms with Gasteiger partial charge in [-0.1, -0.05) is 49.3 Å². The lowest BCUT2D eigenvalue weighted by atomic mass is 9.98. The van der Waals surface area contributed by atoms with Crippen LogP contribution in [0.25, 0.3) is 0 Å². The minimum Gasteiger partial charge on any atom is -0.434 e. The molecule has 0 atom stereocenters. The van der Waals surface area contributed by atoms with Crippen LogP contribution in [0.3, 0.4) is 0 Å². The van der Waals surface area contributed by atoms with Gasteiger partial charge in [-0.15, -0.1) is 0 Å². The van der Waals surface area contributed by atoms with Crippen LogP contribution in [0.1, 0.15) is 36.5 Å². The quantitative estimate of drug-likeness (QED) is 0.536. The van der Waals surface area contributed by atoms with Crippen molar-refractivity contribution < 1.29 is 23.1 Å². The van der Waals surface area contributed by atoms with E-state index in [1.807, 2.05) is 39.0 Å². The van der Waals surface area contributed by atoms with Crippen LogP contribution >= 0.6 is 0 Å². The number of ether oxygens (including phenoxy) is 1. The normalized spacial score (nSPS) is 11.2. The predicted octanol–water partition coefficient (Wildman–Crippen LogP) is 4.71. The molecule has 2 rings (SSSR count). The Labute approximate surface area is 157 Å². The number of nitrogens with one attached hydrogen (secondary N) is 1. The van der Waals surface area contributed by atoms with Gasteiger partial charge in [-0.2, -0.15) is 8.78 Å². The van der Waals surface area contributed by atoms with E-state index < -0.39 is 6.61 Å². The Bertz CT molecular complexity index is 808. The van der Waals surface area contributed by atoms with E-state index in [1.165, 1.54) is 12.3 Å². The lowest BCUT2D eigenvalue weighted by molar-refractivity contribution is -0.120. The van der Waals surface area contributed by atoms with Crippen molar-refractivity contribution in [2.45, 2.75) is 33.3 Å². The zero-order valence-electron chi connectivity index (χ0n) is 15.4. The van der Waals surface area contributed by atoms with E-state index >= 15 is 0 Å². The summed E-state index contributed by atoms with van der Waals surface area (Å²) < 4.78 is 29.1. The number of hydrogen-bond donors (Lipinski definition) is 1. The maximum Gasteiger partial charge on any atom is 0.387 e. The Morgan fingerprint density at radius 2 is 1.93 bits per heavy atom. The molecule has 0 aromatic heterocycles. The van der Waals surface area contributed by atoms with Crippen molar-refractivity contribution in [3.8, 4) is 5.75 Å². The summed E-state index contributed by atoms with van der Waals surface area (Å²) >= 11 is 0. The van der Waals surface area contributed by atoms with Gasteiger partial charge < -0.3 is 14.9 Å². The Hall–Kier alpha value is -2.96. The van der Waals surface area contributed by atoms with Gasteiger partial charge in [0.25, 0.3) is 5.91 Å². The van der Waals surface area contributed by atoms with Gasteiger partial charge in [-0.25, -0.2) is 0 Å². The van der Waals surface area contributed by atoms with E-state index in [0.717, 1.165) is 16.8 Å². The average Bonchev–Trinajstić information content (AvgIpc) is 2.61. The molecule has 2 aromatic carbocycles. The number of carbonyl (C=O) groups is 1. The molecule has 0 saturated heterocycles. The predicted molar refractivity (Wildman–Crippen MR) is 101 cm³/mol. The molecule has 27 heavy (non-hydrogen) atoms. The number of carbonyl (C=O) groups excluding carboxylic acids is 1. The molecule has 0 aliphatic heterocycles. The topological polar surface area (TPSA) is 59.9 Å². The second-order valence-corrected chi connectivity index (χ2v) is 6.17. The molecule has 144 valence electrons. The molecule has 0 aliphatic carbocycles. The molecule has 0 aliphatic rings. The number of halogens is 2. The van der Waals surface area contributed by atoms with Crippen LogP contribution in [-0.4, -0.2) is 25.3 Å². The molecule has 0 heterocycles. The van der Waals surface area contributed by atoms with Crippen molar-refractivity contribution >= 4 is 17.8 Å². The standard InChI is InChI=1S/C20H22F2N2O3/c1-13(2)16-9-6-7-14(3)19(16)24-18(25)12-26-23-11-15-8-4-5-10-17(15)27-20(21)22/h4-11,13,20H,12H2,1-3H3,(H,24,25). The number of oxime groups is 1. The van der Waals surface area contributed by atoms with Crippen LogP contribution in [0.4, 0.5) is 14.5 Å². The maximum absolute atomic E-state index is 12.4. The zero-order valence-corrected chi connectivity index (χ0v) is 15.4. The molecule has 0 saturated carbocycles. The number of aryl methyl sites for hydroxylation is 1. The van der Waals surface area contributed by atoms with Gasteiger partial charge in [0.05, 0.1) is 6.21 Å². The third-order valence-corrected chi connectivity index (χ3v) is 3.79. The second-order valence-electron chi connectivity index (χ2n) is 6.17. The van der Waals surface area contributed by atoms with E-state index in [2.05, 4.69) is 15.2 Å². The maximum atomic E-state index is 12.4. The third kappa shape index (κ3) is 6.06. The fraction of sp³-hybridized carbons (Fsp3) is 0.300. The molecular weight excluding hydrogens is 354 g/mol. The van der Waals surface area contributed by atoms with Crippen LogP contribution in [0.5, 0.6) is 5.75 Å². The van der Waals surface area contributed by atoms with Gasteiger partial charge in [-0.3, -0.25) is 4.79 Å². The van der Waals surface area contributed by atoms with Crippen molar-refractivity contribution in [1.82, 2.24) is 0 Å². The van der Waals surface area contributed by atoms with Crippen molar-refractivity contribution in [2.75, 3.05) is 11.9 Å². The first-order chi connectivity index (χ1) is 12.9. The number of benzene rings is 2. The van der Waals surface area contributed by atoms with Gasteiger partial charge in [0, 0.05) is 11.3 Å². The highest BCUT2D eigenvalue weighted by atomic mass is 19.3. The van der Waals surface area contributed by atoms with Crippen LogP contribution in [-0.2, 0) is 9.63 Å². The summed E-state index contributed by atoms with van der Waals surface area (Å²) in [6.45, 7) is 2.77. The summed E-state index contributed by atoms with van der Waals surface area (Å²) in [7, 11) is 0. The van der Waals surface area contributed by atoms with E-state index in [4.69, 9.17) is 4.84 Å². The van der Waals surface area contributed by atoms with E-state index in [1.54, 1.807) is 18.2 Å². The number of para-hydroxylation sites is 2. The van der Waals surface area contributed by atoms with E-state index in [9.17, 15) is 13.6 Å². The first-order valence-electron chi connectivity index (χ1n) is 8.47.